The third-order valence-corrected chi connectivity index (χ3v) is 0. The van der Waals surface area contributed by atoms with Gasteiger partial charge >= 0.3 is 0 Å². The van der Waals surface area contributed by atoms with E-state index >= 15 is 0 Å². The SMILES string of the molecule is C#C.[O-][Cl+3]([O-])([O-])O. The minimum absolute atomic E-state index is 4.00. The molecule has 0 heterocycles. The molecule has 0 atom stereocenters. The van der Waals surface area contributed by atoms with Crippen LogP contribution in [0.5, 0.6) is 0 Å². The number of halogens is 1. The fourth-order valence-electron chi connectivity index (χ4n) is 0. The van der Waals surface area contributed by atoms with Gasteiger partial charge in [0.15, 0.2) is 0 Å². The first-order valence-corrected chi connectivity index (χ1v) is 2.23. The predicted molar refractivity (Wildman–Crippen MR) is 12.1 cm³/mol. The van der Waals surface area contributed by atoms with Gasteiger partial charge in [0.1, 0.15) is 0 Å². The minimum atomic E-state index is -4.69. The van der Waals surface area contributed by atoms with Gasteiger partial charge in [-0.05, 0) is 0 Å². The molecule has 0 saturated heterocycles. The van der Waals surface area contributed by atoms with E-state index in [2.05, 4.69) is 12.8 Å². The Labute approximate surface area is 42.7 Å². The van der Waals surface area contributed by atoms with Crippen LogP contribution < -0.4 is 14.0 Å². The fourth-order valence-corrected chi connectivity index (χ4v) is 0. The van der Waals surface area contributed by atoms with Crippen LogP contribution in [0, 0.1) is 23.1 Å². The second-order valence-corrected chi connectivity index (χ2v) is 1.19. The molecule has 0 bridgehead atoms. The van der Waals surface area contributed by atoms with Crippen molar-refractivity contribution in [2.24, 2.45) is 0 Å². The summed E-state index contributed by atoms with van der Waals surface area (Å²) < 4.78 is 32.7. The zero-order chi connectivity index (χ0) is 6.50. The smallest absolute Gasteiger partial charge is 0.0777 e. The molecule has 0 saturated carbocycles. The molecule has 0 aromatic carbocycles. The summed E-state index contributed by atoms with van der Waals surface area (Å²) >= 11 is 0. The van der Waals surface area contributed by atoms with Crippen LogP contribution in [0.3, 0.4) is 0 Å². The van der Waals surface area contributed by atoms with E-state index in [9.17, 15) is 0 Å². The van der Waals surface area contributed by atoms with E-state index in [1.54, 1.807) is 0 Å². The summed E-state index contributed by atoms with van der Waals surface area (Å²) in [5, 5.41) is 0. The molecule has 0 aliphatic rings. The van der Waals surface area contributed by atoms with Crippen molar-refractivity contribution in [1.29, 1.82) is 0 Å². The van der Waals surface area contributed by atoms with E-state index in [0.717, 1.165) is 0 Å². The van der Waals surface area contributed by atoms with Crippen LogP contribution in [-0.4, -0.2) is 4.66 Å². The average Bonchev–Trinajstić information content (AvgIpc) is 1.36. The molecule has 0 aromatic heterocycles. The maximum Gasteiger partial charge on any atom is 0.0777 e. The molecule has 0 radical (unpaired) electrons. The Kier molecular flexibility index (Phi) is 5.44. The Morgan fingerprint density at radius 1 is 1.14 bits per heavy atom. The Morgan fingerprint density at radius 2 is 1.14 bits per heavy atom. The topological polar surface area (TPSA) is 89.4 Å². The van der Waals surface area contributed by atoms with Gasteiger partial charge in [-0.2, -0.15) is 14.0 Å². The Morgan fingerprint density at radius 3 is 1.14 bits per heavy atom. The molecule has 0 aliphatic heterocycles. The second-order valence-electron chi connectivity index (χ2n) is 0.396. The predicted octanol–water partition coefficient (Wildman–Crippen LogP) is -3.87. The molecule has 1 N–H and O–H groups in total. The summed E-state index contributed by atoms with van der Waals surface area (Å²) in [5.74, 6) is 0. The van der Waals surface area contributed by atoms with Gasteiger partial charge in [0.2, 0.25) is 0 Å². The number of hydrogen-bond donors (Lipinski definition) is 1. The summed E-state index contributed by atoms with van der Waals surface area (Å²) in [5.41, 5.74) is 0. The molecule has 0 amide bonds. The van der Waals surface area contributed by atoms with Gasteiger partial charge in [0.05, 0.1) is 14.9 Å². The van der Waals surface area contributed by atoms with Crippen LogP contribution in [0.1, 0.15) is 0 Å². The third-order valence-electron chi connectivity index (χ3n) is 0. The first kappa shape index (κ1) is 9.85. The van der Waals surface area contributed by atoms with Gasteiger partial charge in [0.25, 0.3) is 0 Å². The highest BCUT2D eigenvalue weighted by atomic mass is 35.7. The van der Waals surface area contributed by atoms with Crippen LogP contribution in [0.15, 0.2) is 0 Å². The monoisotopic (exact) mass is 126 g/mol. The molecule has 5 heteroatoms. The van der Waals surface area contributed by atoms with Crippen LogP contribution in [0.25, 0.3) is 0 Å². The van der Waals surface area contributed by atoms with Crippen molar-refractivity contribution in [3.05, 3.63) is 0 Å². The lowest BCUT2D eigenvalue weighted by Crippen LogP contribution is -2.58. The van der Waals surface area contributed by atoms with Gasteiger partial charge in [-0.25, -0.2) is 0 Å². The third kappa shape index (κ3) is 806. The quantitative estimate of drug-likeness (QED) is 0.336. The van der Waals surface area contributed by atoms with Gasteiger partial charge in [-0.3, -0.25) is 0 Å². The van der Waals surface area contributed by atoms with Gasteiger partial charge in [-0.1, -0.05) is 0 Å². The molecule has 0 rings (SSSR count). The summed E-state index contributed by atoms with van der Waals surface area (Å²) in [6.45, 7) is 0. The molecular formula is C2H3ClO4. The molecular weight excluding hydrogens is 123 g/mol. The summed E-state index contributed by atoms with van der Waals surface area (Å²) in [6, 6.07) is 0. The van der Waals surface area contributed by atoms with E-state index in [1.165, 1.54) is 0 Å². The molecule has 0 spiro atoms. The standard InChI is InChI=1S/C2H2.ClHO4/c1-2;2-1(3,4)5/h1-2H;(H,2,3,4,5). The number of rotatable bonds is 0. The highest BCUT2D eigenvalue weighted by Crippen LogP contribution is 1.60. The van der Waals surface area contributed by atoms with Crippen LogP contribution in [-0.2, 0) is 0 Å². The molecule has 0 unspecified atom stereocenters. The first-order valence-electron chi connectivity index (χ1n) is 0.965. The minimum Gasteiger partial charge on any atom is -0.183 e. The number of terminal acetylenes is 1. The summed E-state index contributed by atoms with van der Waals surface area (Å²) in [7, 11) is -4.69. The van der Waals surface area contributed by atoms with Crippen molar-refractivity contribution in [2.45, 2.75) is 0 Å². The molecule has 42 valence electrons. The first-order chi connectivity index (χ1) is 3.00. The summed E-state index contributed by atoms with van der Waals surface area (Å²) in [6.07, 6.45) is 8.00. The number of hydrogen-bond acceptors (Lipinski definition) is 4. The van der Waals surface area contributed by atoms with Crippen molar-refractivity contribution < 1.29 is 28.9 Å². The maximum absolute atomic E-state index is 8.60. The van der Waals surface area contributed by atoms with Gasteiger partial charge in [-0.15, -0.1) is 12.8 Å². The van der Waals surface area contributed by atoms with E-state index in [0.29, 0.717) is 0 Å². The van der Waals surface area contributed by atoms with E-state index in [1.807, 2.05) is 0 Å². The van der Waals surface area contributed by atoms with Crippen molar-refractivity contribution in [3.63, 3.8) is 0 Å². The Hall–Kier alpha value is -0.310. The Bertz CT molecular complexity index is 46.4. The van der Waals surface area contributed by atoms with Gasteiger partial charge < -0.3 is 0 Å². The van der Waals surface area contributed by atoms with Crippen molar-refractivity contribution in [3.8, 4) is 12.8 Å². The van der Waals surface area contributed by atoms with E-state index in [-0.39, 0.29) is 0 Å². The molecule has 0 aliphatic carbocycles. The average molecular weight is 126 g/mol. The molecule has 0 aromatic rings. The fraction of sp³-hybridized carbons (Fsp3) is 0. The van der Waals surface area contributed by atoms with Gasteiger partial charge in [0, 0.05) is 0 Å². The van der Waals surface area contributed by atoms with E-state index < -0.39 is 10.2 Å². The lowest BCUT2D eigenvalue weighted by molar-refractivity contribution is -1.92. The van der Waals surface area contributed by atoms with E-state index in [4.69, 9.17) is 18.6 Å². The largest absolute Gasteiger partial charge is 0.183 e. The zero-order valence-corrected chi connectivity index (χ0v) is 3.96. The molecule has 7 heavy (non-hydrogen) atoms. The van der Waals surface area contributed by atoms with Crippen molar-refractivity contribution >= 4 is 0 Å². The highest BCUT2D eigenvalue weighted by molar-refractivity contribution is 4.47. The summed E-state index contributed by atoms with van der Waals surface area (Å²) in [4.78, 5) is 0. The lowest BCUT2D eigenvalue weighted by Gasteiger charge is -2.03. The highest BCUT2D eigenvalue weighted by Gasteiger charge is 1.98. The lowest BCUT2D eigenvalue weighted by atomic mass is 11.4. The second kappa shape index (κ2) is 3.87. The normalized spacial score (nSPS) is 8.86. The molecule has 0 fully saturated rings. The van der Waals surface area contributed by atoms with Crippen molar-refractivity contribution in [2.75, 3.05) is 0 Å². The zero-order valence-electron chi connectivity index (χ0n) is 3.20. The maximum atomic E-state index is 8.60. The van der Waals surface area contributed by atoms with Crippen LogP contribution in [0.2, 0.25) is 0 Å². The van der Waals surface area contributed by atoms with Crippen LogP contribution in [0.4, 0.5) is 0 Å². The molecule has 4 nitrogen and oxygen atoms in total. The Balaban J connectivity index is 0. The van der Waals surface area contributed by atoms with Crippen LogP contribution >= 0.6 is 0 Å². The van der Waals surface area contributed by atoms with Crippen molar-refractivity contribution in [1.82, 2.24) is 0 Å².